The number of para-hydroxylation sites is 1. The predicted molar refractivity (Wildman–Crippen MR) is 121 cm³/mol. The van der Waals surface area contributed by atoms with Crippen molar-refractivity contribution < 1.29 is 19.0 Å². The number of aromatic nitrogens is 2. The van der Waals surface area contributed by atoms with Crippen LogP contribution in [0.2, 0.25) is 0 Å². The maximum Gasteiger partial charge on any atom is 0.220 e. The van der Waals surface area contributed by atoms with Gasteiger partial charge in [0.15, 0.2) is 0 Å². The second-order valence-electron chi connectivity index (χ2n) is 7.15. The lowest BCUT2D eigenvalue weighted by Crippen LogP contribution is -2.03. The van der Waals surface area contributed by atoms with Crippen LogP contribution < -0.4 is 15.2 Å². The number of nitrogens with two attached hydrogens (primary N) is 1. The Balaban J connectivity index is 1.73. The molecule has 0 saturated heterocycles. The van der Waals surface area contributed by atoms with Crippen molar-refractivity contribution >= 4 is 5.95 Å². The van der Waals surface area contributed by atoms with E-state index in [0.29, 0.717) is 39.6 Å². The summed E-state index contributed by atoms with van der Waals surface area (Å²) in [6, 6.07) is 18.7. The summed E-state index contributed by atoms with van der Waals surface area (Å²) in [6.45, 7) is 1.86. The third-order valence-electron chi connectivity index (χ3n) is 5.06. The Labute approximate surface area is 185 Å². The largest absolute Gasteiger partial charge is 0.507 e. The number of nitrogens with zero attached hydrogens (tertiary/aromatic N) is 2. The minimum atomic E-state index is -0.346. The number of hydrogen-bond acceptors (Lipinski definition) is 6. The topological polar surface area (TPSA) is 90.5 Å². The normalized spacial score (nSPS) is 10.7. The summed E-state index contributed by atoms with van der Waals surface area (Å²) in [4.78, 5) is 8.71. The first kappa shape index (κ1) is 21.1. The van der Waals surface area contributed by atoms with Crippen LogP contribution in [0.15, 0.2) is 66.7 Å². The lowest BCUT2D eigenvalue weighted by atomic mass is 9.96. The molecule has 162 valence electrons. The minimum Gasteiger partial charge on any atom is -0.507 e. The second kappa shape index (κ2) is 8.93. The van der Waals surface area contributed by atoms with E-state index in [9.17, 15) is 9.50 Å². The summed E-state index contributed by atoms with van der Waals surface area (Å²) < 4.78 is 25.0. The van der Waals surface area contributed by atoms with Crippen molar-refractivity contribution in [2.24, 2.45) is 0 Å². The van der Waals surface area contributed by atoms with Crippen LogP contribution in [0, 0.1) is 12.7 Å². The molecule has 0 amide bonds. The zero-order chi connectivity index (χ0) is 22.7. The molecule has 0 unspecified atom stereocenters. The van der Waals surface area contributed by atoms with Crippen molar-refractivity contribution in [3.63, 3.8) is 0 Å². The number of rotatable bonds is 6. The third kappa shape index (κ3) is 4.18. The van der Waals surface area contributed by atoms with Gasteiger partial charge in [-0.25, -0.2) is 14.4 Å². The Morgan fingerprint density at radius 2 is 1.72 bits per heavy atom. The standard InChI is InChI=1S/C25H22FN3O3/c1-15-23(19-8-4-6-10-22(19)31-2)24(29-25(27)28-15)18-12-11-17(13-21(18)30)32-14-16-7-3-5-9-20(16)26/h3-13,30H,14H2,1-2H3,(H2,27,28,29). The average molecular weight is 431 g/mol. The number of ether oxygens (including phenoxy) is 2. The predicted octanol–water partition coefficient (Wildman–Crippen LogP) is 5.13. The van der Waals surface area contributed by atoms with Gasteiger partial charge in [-0.1, -0.05) is 36.4 Å². The molecule has 32 heavy (non-hydrogen) atoms. The van der Waals surface area contributed by atoms with Crippen LogP contribution in [0.25, 0.3) is 22.4 Å². The molecule has 1 heterocycles. The van der Waals surface area contributed by atoms with Gasteiger partial charge in [-0.3, -0.25) is 0 Å². The highest BCUT2D eigenvalue weighted by Gasteiger charge is 2.20. The first-order valence-electron chi connectivity index (χ1n) is 9.95. The van der Waals surface area contributed by atoms with Gasteiger partial charge in [0, 0.05) is 28.3 Å². The van der Waals surface area contributed by atoms with Crippen LogP contribution in [0.3, 0.4) is 0 Å². The van der Waals surface area contributed by atoms with Crippen LogP contribution in [0.4, 0.5) is 10.3 Å². The van der Waals surface area contributed by atoms with Crippen molar-refractivity contribution in [1.29, 1.82) is 0 Å². The van der Waals surface area contributed by atoms with E-state index in [1.165, 1.54) is 12.1 Å². The number of methoxy groups -OCH3 is 1. The molecule has 0 bridgehead atoms. The molecular weight excluding hydrogens is 409 g/mol. The quantitative estimate of drug-likeness (QED) is 0.440. The Bertz CT molecular complexity index is 1280. The molecule has 7 heteroatoms. The number of nitrogen functional groups attached to an aromatic ring is 1. The minimum absolute atomic E-state index is 0.0392. The molecule has 3 aromatic carbocycles. The smallest absolute Gasteiger partial charge is 0.220 e. The zero-order valence-electron chi connectivity index (χ0n) is 17.7. The van der Waals surface area contributed by atoms with E-state index in [4.69, 9.17) is 15.2 Å². The summed E-state index contributed by atoms with van der Waals surface area (Å²) in [7, 11) is 1.59. The molecule has 4 aromatic rings. The summed E-state index contributed by atoms with van der Waals surface area (Å²) in [6.07, 6.45) is 0. The Morgan fingerprint density at radius 3 is 2.47 bits per heavy atom. The number of hydrogen-bond donors (Lipinski definition) is 2. The number of halogens is 1. The van der Waals surface area contributed by atoms with E-state index in [-0.39, 0.29) is 24.1 Å². The molecule has 0 atom stereocenters. The monoisotopic (exact) mass is 431 g/mol. The number of benzene rings is 3. The maximum atomic E-state index is 13.8. The van der Waals surface area contributed by atoms with Crippen molar-refractivity contribution in [2.75, 3.05) is 12.8 Å². The average Bonchev–Trinajstić information content (AvgIpc) is 2.78. The highest BCUT2D eigenvalue weighted by molar-refractivity contribution is 5.87. The third-order valence-corrected chi connectivity index (χ3v) is 5.06. The summed E-state index contributed by atoms with van der Waals surface area (Å²) >= 11 is 0. The molecule has 3 N–H and O–H groups in total. The number of anilines is 1. The fraction of sp³-hybridized carbons (Fsp3) is 0.120. The van der Waals surface area contributed by atoms with E-state index in [1.807, 2.05) is 31.2 Å². The van der Waals surface area contributed by atoms with Gasteiger partial charge in [0.05, 0.1) is 18.5 Å². The molecule has 0 radical (unpaired) electrons. The van der Waals surface area contributed by atoms with E-state index in [0.717, 1.165) is 5.56 Å². The molecule has 0 aliphatic rings. The highest BCUT2D eigenvalue weighted by Crippen LogP contribution is 2.41. The number of phenolic OH excluding ortho intramolecular Hbond substituents is 1. The van der Waals surface area contributed by atoms with Crippen molar-refractivity contribution in [1.82, 2.24) is 9.97 Å². The molecule has 0 aliphatic carbocycles. The first-order chi connectivity index (χ1) is 15.5. The highest BCUT2D eigenvalue weighted by atomic mass is 19.1. The first-order valence-corrected chi connectivity index (χ1v) is 9.95. The van der Waals surface area contributed by atoms with Crippen LogP contribution in [0.1, 0.15) is 11.3 Å². The van der Waals surface area contributed by atoms with Gasteiger partial charge in [-0.05, 0) is 31.2 Å². The SMILES string of the molecule is COc1ccccc1-c1c(C)nc(N)nc1-c1ccc(OCc2ccccc2F)cc1O. The molecule has 0 fully saturated rings. The number of phenols is 1. The van der Waals surface area contributed by atoms with Gasteiger partial charge in [0.1, 0.15) is 29.7 Å². The second-order valence-corrected chi connectivity index (χ2v) is 7.15. The molecule has 0 spiro atoms. The van der Waals surface area contributed by atoms with Crippen molar-refractivity contribution in [3.05, 3.63) is 83.8 Å². The van der Waals surface area contributed by atoms with Gasteiger partial charge in [-0.2, -0.15) is 0 Å². The fourth-order valence-electron chi connectivity index (χ4n) is 3.54. The van der Waals surface area contributed by atoms with E-state index in [1.54, 1.807) is 37.4 Å². The van der Waals surface area contributed by atoms with Crippen LogP contribution in [0.5, 0.6) is 17.2 Å². The molecular formula is C25H22FN3O3. The van der Waals surface area contributed by atoms with E-state index < -0.39 is 0 Å². The zero-order valence-corrected chi connectivity index (χ0v) is 17.7. The number of aromatic hydroxyl groups is 1. The molecule has 0 saturated carbocycles. The van der Waals surface area contributed by atoms with E-state index in [2.05, 4.69) is 9.97 Å². The van der Waals surface area contributed by atoms with Crippen LogP contribution in [-0.4, -0.2) is 22.2 Å². The van der Waals surface area contributed by atoms with E-state index >= 15 is 0 Å². The van der Waals surface area contributed by atoms with Crippen molar-refractivity contribution in [2.45, 2.75) is 13.5 Å². The lowest BCUT2D eigenvalue weighted by molar-refractivity contribution is 0.298. The molecule has 6 nitrogen and oxygen atoms in total. The lowest BCUT2D eigenvalue weighted by Gasteiger charge is -2.16. The van der Waals surface area contributed by atoms with Gasteiger partial charge in [0.25, 0.3) is 0 Å². The van der Waals surface area contributed by atoms with Gasteiger partial charge < -0.3 is 20.3 Å². The van der Waals surface area contributed by atoms with Gasteiger partial charge >= 0.3 is 0 Å². The molecule has 0 aliphatic heterocycles. The Morgan fingerprint density at radius 1 is 0.969 bits per heavy atom. The summed E-state index contributed by atoms with van der Waals surface area (Å²) in [5.41, 5.74) is 9.41. The van der Waals surface area contributed by atoms with Crippen LogP contribution >= 0.6 is 0 Å². The van der Waals surface area contributed by atoms with Gasteiger partial charge in [0.2, 0.25) is 5.95 Å². The Kier molecular flexibility index (Phi) is 5.89. The molecule has 4 rings (SSSR count). The summed E-state index contributed by atoms with van der Waals surface area (Å²) in [5, 5.41) is 10.8. The maximum absolute atomic E-state index is 13.8. The number of aryl methyl sites for hydroxylation is 1. The Hall–Kier alpha value is -4.13. The summed E-state index contributed by atoms with van der Waals surface area (Å²) in [5.74, 6) is 0.739. The fourth-order valence-corrected chi connectivity index (χ4v) is 3.54. The van der Waals surface area contributed by atoms with Gasteiger partial charge in [-0.15, -0.1) is 0 Å². The van der Waals surface area contributed by atoms with Crippen LogP contribution in [-0.2, 0) is 6.61 Å². The van der Waals surface area contributed by atoms with Crippen molar-refractivity contribution in [3.8, 4) is 39.6 Å². The molecule has 1 aromatic heterocycles.